The normalized spacial score (nSPS) is 13.8. The predicted molar refractivity (Wildman–Crippen MR) is 122 cm³/mol. The van der Waals surface area contributed by atoms with Crippen molar-refractivity contribution in [3.63, 3.8) is 0 Å². The van der Waals surface area contributed by atoms with Gasteiger partial charge < -0.3 is 20.3 Å². The molecule has 1 fully saturated rings. The van der Waals surface area contributed by atoms with E-state index in [1.54, 1.807) is 31.6 Å². The van der Waals surface area contributed by atoms with Crippen LogP contribution in [0.15, 0.2) is 48.9 Å². The topological polar surface area (TPSA) is 88.1 Å². The van der Waals surface area contributed by atoms with Gasteiger partial charge in [-0.2, -0.15) is 0 Å². The summed E-state index contributed by atoms with van der Waals surface area (Å²) in [7, 11) is 1.59. The first kappa shape index (κ1) is 21.0. The second-order valence-corrected chi connectivity index (χ2v) is 7.50. The molecule has 1 aliphatic heterocycles. The molecule has 2 N–H and O–H groups in total. The number of rotatable bonds is 5. The minimum atomic E-state index is -0.705. The lowest BCUT2D eigenvalue weighted by molar-refractivity contribution is 0.418. The number of ether oxygens (including phenoxy) is 1. The number of aromatic nitrogens is 4. The van der Waals surface area contributed by atoms with Crippen molar-refractivity contribution in [2.45, 2.75) is 0 Å². The third-order valence-corrected chi connectivity index (χ3v) is 5.42. The third kappa shape index (κ3) is 4.12. The Morgan fingerprint density at radius 2 is 1.85 bits per heavy atom. The Hall–Kier alpha value is -3.92. The fourth-order valence-corrected chi connectivity index (χ4v) is 3.81. The highest BCUT2D eigenvalue weighted by atomic mass is 19.1. The molecule has 0 unspecified atom stereocenters. The van der Waals surface area contributed by atoms with E-state index in [-0.39, 0.29) is 11.5 Å². The van der Waals surface area contributed by atoms with Crippen molar-refractivity contribution in [3.05, 3.63) is 60.6 Å². The van der Waals surface area contributed by atoms with Crippen molar-refractivity contribution >= 4 is 28.2 Å². The zero-order chi connectivity index (χ0) is 22.8. The molecule has 4 aromatic rings. The molecule has 0 spiro atoms. The van der Waals surface area contributed by atoms with Crippen molar-refractivity contribution < 1.29 is 13.5 Å². The Balaban J connectivity index is 1.60. The van der Waals surface area contributed by atoms with Gasteiger partial charge in [0.05, 0.1) is 30.4 Å². The second kappa shape index (κ2) is 8.91. The van der Waals surface area contributed by atoms with Crippen LogP contribution >= 0.6 is 0 Å². The van der Waals surface area contributed by atoms with E-state index in [1.165, 1.54) is 24.4 Å². The largest absolute Gasteiger partial charge is 0.494 e. The summed E-state index contributed by atoms with van der Waals surface area (Å²) in [4.78, 5) is 20.2. The van der Waals surface area contributed by atoms with Gasteiger partial charge in [-0.3, -0.25) is 4.98 Å². The number of hydrogen-bond acceptors (Lipinski definition) is 8. The zero-order valence-corrected chi connectivity index (χ0v) is 17.8. The van der Waals surface area contributed by atoms with Crippen LogP contribution in [-0.4, -0.2) is 53.2 Å². The maximum Gasteiger partial charge on any atom is 0.162 e. The minimum Gasteiger partial charge on any atom is -0.494 e. The molecule has 1 aromatic carbocycles. The fraction of sp³-hybridized carbons (Fsp3) is 0.217. The summed E-state index contributed by atoms with van der Waals surface area (Å²) < 4.78 is 33.7. The van der Waals surface area contributed by atoms with Crippen LogP contribution in [0.4, 0.5) is 26.1 Å². The summed E-state index contributed by atoms with van der Waals surface area (Å²) in [5.74, 6) is 0.659. The van der Waals surface area contributed by atoms with Crippen LogP contribution in [0, 0.1) is 11.6 Å². The molecule has 33 heavy (non-hydrogen) atoms. The maximum atomic E-state index is 14.1. The van der Waals surface area contributed by atoms with Gasteiger partial charge in [0.2, 0.25) is 0 Å². The molecule has 5 rings (SSSR count). The summed E-state index contributed by atoms with van der Waals surface area (Å²) in [5.41, 5.74) is 1.02. The maximum absolute atomic E-state index is 14.1. The molecular weight excluding hydrogens is 428 g/mol. The summed E-state index contributed by atoms with van der Waals surface area (Å²) >= 11 is 0. The number of halogens is 2. The van der Waals surface area contributed by atoms with E-state index in [0.29, 0.717) is 22.7 Å². The van der Waals surface area contributed by atoms with Crippen molar-refractivity contribution in [2.24, 2.45) is 0 Å². The van der Waals surface area contributed by atoms with Gasteiger partial charge in [0.15, 0.2) is 5.82 Å². The lowest BCUT2D eigenvalue weighted by Gasteiger charge is -2.29. The monoisotopic (exact) mass is 449 g/mol. The van der Waals surface area contributed by atoms with E-state index < -0.39 is 11.6 Å². The van der Waals surface area contributed by atoms with Gasteiger partial charge >= 0.3 is 0 Å². The average Bonchev–Trinajstić information content (AvgIpc) is 2.86. The number of fused-ring (bicyclic) bond motifs is 1. The number of para-hydroxylation sites is 1. The highest BCUT2D eigenvalue weighted by Crippen LogP contribution is 2.34. The molecule has 0 bridgehead atoms. The number of anilines is 3. The molecular formula is C23H21F2N7O. The average molecular weight is 449 g/mol. The summed E-state index contributed by atoms with van der Waals surface area (Å²) in [6, 6.07) is 7.08. The fourth-order valence-electron chi connectivity index (χ4n) is 3.81. The van der Waals surface area contributed by atoms with Crippen molar-refractivity contribution in [1.82, 2.24) is 25.3 Å². The molecule has 0 aliphatic carbocycles. The highest BCUT2D eigenvalue weighted by molar-refractivity contribution is 5.95. The molecule has 0 atom stereocenters. The van der Waals surface area contributed by atoms with Crippen LogP contribution < -0.4 is 20.3 Å². The van der Waals surface area contributed by atoms with E-state index in [1.807, 2.05) is 0 Å². The molecule has 1 saturated heterocycles. The lowest BCUT2D eigenvalue weighted by atomic mass is 10.2. The van der Waals surface area contributed by atoms with Crippen LogP contribution in [-0.2, 0) is 0 Å². The number of nitrogens with one attached hydrogen (secondary N) is 2. The summed E-state index contributed by atoms with van der Waals surface area (Å²) in [6.07, 6.45) is 4.86. The number of piperazine rings is 1. The van der Waals surface area contributed by atoms with E-state index in [4.69, 9.17) is 14.7 Å². The smallest absolute Gasteiger partial charge is 0.162 e. The molecule has 0 amide bonds. The Bertz CT molecular complexity index is 1290. The van der Waals surface area contributed by atoms with Crippen LogP contribution in [0.1, 0.15) is 0 Å². The van der Waals surface area contributed by atoms with Crippen LogP contribution in [0.5, 0.6) is 5.75 Å². The Morgan fingerprint density at radius 3 is 2.61 bits per heavy atom. The van der Waals surface area contributed by atoms with Gasteiger partial charge in [-0.1, -0.05) is 6.07 Å². The van der Waals surface area contributed by atoms with Crippen LogP contribution in [0.25, 0.3) is 22.3 Å². The van der Waals surface area contributed by atoms with Gasteiger partial charge in [0, 0.05) is 37.9 Å². The number of benzene rings is 1. The minimum absolute atomic E-state index is 0.267. The van der Waals surface area contributed by atoms with Gasteiger partial charge in [-0.15, -0.1) is 0 Å². The lowest BCUT2D eigenvalue weighted by Crippen LogP contribution is -2.44. The number of nitrogens with zero attached hydrogens (tertiary/aromatic N) is 5. The van der Waals surface area contributed by atoms with E-state index in [0.717, 1.165) is 37.4 Å². The van der Waals surface area contributed by atoms with Crippen molar-refractivity contribution in [3.8, 4) is 17.1 Å². The quantitative estimate of drug-likeness (QED) is 0.479. The van der Waals surface area contributed by atoms with Gasteiger partial charge in [-0.25, -0.2) is 23.7 Å². The van der Waals surface area contributed by atoms with Crippen molar-refractivity contribution in [1.29, 1.82) is 0 Å². The number of pyridine rings is 2. The zero-order valence-electron chi connectivity index (χ0n) is 17.8. The van der Waals surface area contributed by atoms with E-state index in [2.05, 4.69) is 25.5 Å². The molecule has 168 valence electrons. The second-order valence-electron chi connectivity index (χ2n) is 7.50. The molecule has 10 heteroatoms. The van der Waals surface area contributed by atoms with E-state index in [9.17, 15) is 8.78 Å². The Morgan fingerprint density at radius 1 is 1.06 bits per heavy atom. The molecule has 0 saturated carbocycles. The number of methoxy groups -OCH3 is 1. The molecule has 8 nitrogen and oxygen atoms in total. The molecule has 1 aliphatic rings. The van der Waals surface area contributed by atoms with Gasteiger partial charge in [-0.05, 0) is 24.3 Å². The van der Waals surface area contributed by atoms with Crippen molar-refractivity contribution in [2.75, 3.05) is 43.5 Å². The van der Waals surface area contributed by atoms with Crippen LogP contribution in [0.2, 0.25) is 0 Å². The van der Waals surface area contributed by atoms with Gasteiger partial charge in [0.25, 0.3) is 0 Å². The SMILES string of the molecule is COc1cncc2nc(-c3ccnc(Nc4c(F)cccc4F)c3)nc(N3CCNCC3)c12. The molecule has 3 aromatic heterocycles. The standard InChI is InChI=1S/C23H21F2N7O/c1-33-18-13-27-12-17-20(18)23(32-9-7-26-8-10-32)31-22(29-17)14-5-6-28-19(11-14)30-21-15(24)3-2-4-16(21)25/h2-6,11-13,26H,7-10H2,1H3,(H,28,30). The van der Waals surface area contributed by atoms with E-state index >= 15 is 0 Å². The summed E-state index contributed by atoms with van der Waals surface area (Å²) in [6.45, 7) is 3.25. The first-order chi connectivity index (χ1) is 16.1. The number of hydrogen-bond donors (Lipinski definition) is 2. The third-order valence-electron chi connectivity index (χ3n) is 5.42. The molecule has 4 heterocycles. The molecule has 0 radical (unpaired) electrons. The van der Waals surface area contributed by atoms with Gasteiger partial charge in [0.1, 0.15) is 34.7 Å². The predicted octanol–water partition coefficient (Wildman–Crippen LogP) is 3.53. The Labute approximate surface area is 188 Å². The van der Waals surface area contributed by atoms with Crippen LogP contribution in [0.3, 0.4) is 0 Å². The Kier molecular flexibility index (Phi) is 5.66. The summed E-state index contributed by atoms with van der Waals surface area (Å²) in [5, 5.41) is 6.85. The first-order valence-corrected chi connectivity index (χ1v) is 10.5. The first-order valence-electron chi connectivity index (χ1n) is 10.5. The highest BCUT2D eigenvalue weighted by Gasteiger charge is 2.21.